The fraction of sp³-hybridized carbons (Fsp3) is 0.100. The summed E-state index contributed by atoms with van der Waals surface area (Å²) in [5.41, 5.74) is 2.45. The summed E-state index contributed by atoms with van der Waals surface area (Å²) in [6.07, 6.45) is -0.479. The first-order valence-corrected chi connectivity index (χ1v) is 10.5. The number of hydrogen-bond acceptors (Lipinski definition) is 3. The number of anilines is 1. The Labute approximate surface area is 161 Å². The fourth-order valence-electron chi connectivity index (χ4n) is 3.16. The van der Waals surface area contributed by atoms with Gasteiger partial charge >= 0.3 is 0 Å². The number of sulfonamides is 1. The number of nitrogens with one attached hydrogen (secondary N) is 1. The molecule has 26 heavy (non-hydrogen) atoms. The number of para-hydroxylation sites is 1. The summed E-state index contributed by atoms with van der Waals surface area (Å²) in [4.78, 5) is 0.308. The van der Waals surface area contributed by atoms with E-state index < -0.39 is 16.2 Å². The molecule has 1 atom stereocenters. The third-order valence-electron chi connectivity index (χ3n) is 4.40. The highest BCUT2D eigenvalue weighted by Gasteiger charge is 2.38. The molecule has 0 saturated heterocycles. The van der Waals surface area contributed by atoms with Gasteiger partial charge in [-0.15, -0.1) is 0 Å². The van der Waals surface area contributed by atoms with E-state index in [0.29, 0.717) is 17.1 Å². The van der Waals surface area contributed by atoms with Gasteiger partial charge in [0.05, 0.1) is 5.69 Å². The Balaban J connectivity index is 1.85. The molecule has 0 radical (unpaired) electrons. The van der Waals surface area contributed by atoms with Gasteiger partial charge in [-0.25, -0.2) is 8.42 Å². The molecule has 1 N–H and O–H groups in total. The van der Waals surface area contributed by atoms with Crippen molar-refractivity contribution in [3.63, 3.8) is 0 Å². The molecule has 3 aromatic rings. The molecule has 0 aromatic heterocycles. The van der Waals surface area contributed by atoms with E-state index in [0.717, 1.165) is 15.6 Å². The molecule has 1 heterocycles. The van der Waals surface area contributed by atoms with Crippen LogP contribution >= 0.6 is 15.9 Å². The molecule has 4 rings (SSSR count). The zero-order valence-corrected chi connectivity index (χ0v) is 16.2. The largest absolute Gasteiger partial charge is 0.364 e. The minimum atomic E-state index is -3.64. The third-order valence-corrected chi connectivity index (χ3v) is 6.76. The van der Waals surface area contributed by atoms with Crippen LogP contribution in [0.1, 0.15) is 17.3 Å². The molecule has 4 nitrogen and oxygen atoms in total. The minimum Gasteiger partial charge on any atom is -0.364 e. The molecule has 0 amide bonds. The Hall–Kier alpha value is -2.15. The molecule has 0 fully saturated rings. The maximum atomic E-state index is 13.4. The number of hydrogen-bond donors (Lipinski definition) is 1. The average Bonchev–Trinajstić information content (AvgIpc) is 2.65. The smallest absolute Gasteiger partial charge is 0.247 e. The van der Waals surface area contributed by atoms with Crippen molar-refractivity contribution in [2.24, 2.45) is 0 Å². The second-order valence-electron chi connectivity index (χ2n) is 6.13. The van der Waals surface area contributed by atoms with Crippen LogP contribution in [0, 0.1) is 0 Å². The first-order chi connectivity index (χ1) is 12.6. The molecular weight excluding hydrogens is 412 g/mol. The monoisotopic (exact) mass is 428 g/mol. The number of nitrogens with zero attached hydrogens (tertiary/aromatic N) is 1. The van der Waals surface area contributed by atoms with Crippen LogP contribution < -0.4 is 5.32 Å². The van der Waals surface area contributed by atoms with E-state index >= 15 is 0 Å². The zero-order chi connectivity index (χ0) is 18.1. The normalized spacial score (nSPS) is 18.7. The molecule has 0 saturated carbocycles. The Morgan fingerprint density at radius 3 is 2.42 bits per heavy atom. The molecular formula is C20H17BrN2O2S. The Morgan fingerprint density at radius 2 is 1.65 bits per heavy atom. The van der Waals surface area contributed by atoms with E-state index in [1.54, 1.807) is 18.2 Å². The summed E-state index contributed by atoms with van der Waals surface area (Å²) in [7, 11) is -3.64. The summed E-state index contributed by atoms with van der Waals surface area (Å²) in [5.74, 6) is 0. The molecule has 0 bridgehead atoms. The summed E-state index contributed by atoms with van der Waals surface area (Å²) in [6.45, 7) is 0.293. The summed E-state index contributed by atoms with van der Waals surface area (Å²) < 4.78 is 29.1. The summed E-state index contributed by atoms with van der Waals surface area (Å²) in [6, 6.07) is 24.4. The van der Waals surface area contributed by atoms with Crippen molar-refractivity contribution in [1.82, 2.24) is 4.31 Å². The topological polar surface area (TPSA) is 49.4 Å². The van der Waals surface area contributed by atoms with Gasteiger partial charge in [-0.05, 0) is 35.4 Å². The first kappa shape index (κ1) is 17.3. The predicted octanol–water partition coefficient (Wildman–Crippen LogP) is 4.76. The second kappa shape index (κ2) is 6.87. The highest BCUT2D eigenvalue weighted by molar-refractivity contribution is 9.10. The molecule has 0 aliphatic carbocycles. The molecule has 1 unspecified atom stereocenters. The van der Waals surface area contributed by atoms with Crippen molar-refractivity contribution in [1.29, 1.82) is 0 Å². The lowest BCUT2D eigenvalue weighted by Crippen LogP contribution is -2.42. The Morgan fingerprint density at radius 1 is 0.923 bits per heavy atom. The van der Waals surface area contributed by atoms with E-state index in [4.69, 9.17) is 0 Å². The zero-order valence-electron chi connectivity index (χ0n) is 13.8. The van der Waals surface area contributed by atoms with Gasteiger partial charge < -0.3 is 5.32 Å². The van der Waals surface area contributed by atoms with E-state index in [-0.39, 0.29) is 0 Å². The van der Waals surface area contributed by atoms with Crippen LogP contribution in [0.5, 0.6) is 0 Å². The predicted molar refractivity (Wildman–Crippen MR) is 106 cm³/mol. The van der Waals surface area contributed by atoms with Crippen LogP contribution in [0.25, 0.3) is 0 Å². The number of fused-ring (bicyclic) bond motifs is 1. The van der Waals surface area contributed by atoms with Gasteiger partial charge in [0.25, 0.3) is 0 Å². The van der Waals surface area contributed by atoms with Gasteiger partial charge in [0.1, 0.15) is 11.1 Å². The van der Waals surface area contributed by atoms with Crippen molar-refractivity contribution >= 4 is 31.6 Å². The van der Waals surface area contributed by atoms with Crippen LogP contribution in [0.3, 0.4) is 0 Å². The van der Waals surface area contributed by atoms with Gasteiger partial charge in [0.2, 0.25) is 10.0 Å². The van der Waals surface area contributed by atoms with Gasteiger partial charge in [0.15, 0.2) is 0 Å². The summed E-state index contributed by atoms with van der Waals surface area (Å²) >= 11 is 3.48. The standard InChI is InChI=1S/C20H17BrN2O2S/c21-17-10-6-9-16(13-17)20-22-18-11-4-5-12-19(18)26(24,25)23(20)14-15-7-2-1-3-8-15/h1-13,20,22H,14H2. The Kier molecular flexibility index (Phi) is 4.56. The van der Waals surface area contributed by atoms with Gasteiger partial charge in [-0.3, -0.25) is 0 Å². The van der Waals surface area contributed by atoms with E-state index in [1.165, 1.54) is 4.31 Å². The lowest BCUT2D eigenvalue weighted by Gasteiger charge is -2.37. The third kappa shape index (κ3) is 3.16. The van der Waals surface area contributed by atoms with Crippen LogP contribution in [0.15, 0.2) is 88.2 Å². The second-order valence-corrected chi connectivity index (χ2v) is 8.91. The highest BCUT2D eigenvalue weighted by Crippen LogP contribution is 2.39. The van der Waals surface area contributed by atoms with Crippen molar-refractivity contribution < 1.29 is 8.42 Å². The molecule has 6 heteroatoms. The number of rotatable bonds is 3. The van der Waals surface area contributed by atoms with Crippen LogP contribution in [0.2, 0.25) is 0 Å². The van der Waals surface area contributed by atoms with Crippen molar-refractivity contribution in [2.75, 3.05) is 5.32 Å². The van der Waals surface area contributed by atoms with E-state index in [9.17, 15) is 8.42 Å². The van der Waals surface area contributed by atoms with Crippen molar-refractivity contribution in [3.8, 4) is 0 Å². The maximum Gasteiger partial charge on any atom is 0.247 e. The molecule has 132 valence electrons. The lowest BCUT2D eigenvalue weighted by atomic mass is 10.1. The number of halogens is 1. The van der Waals surface area contributed by atoms with Crippen molar-refractivity contribution in [2.45, 2.75) is 17.6 Å². The quantitative estimate of drug-likeness (QED) is 0.653. The highest BCUT2D eigenvalue weighted by atomic mass is 79.9. The molecule has 1 aliphatic heterocycles. The van der Waals surface area contributed by atoms with E-state index in [1.807, 2.05) is 60.7 Å². The van der Waals surface area contributed by atoms with Gasteiger partial charge in [0, 0.05) is 11.0 Å². The number of benzene rings is 3. The van der Waals surface area contributed by atoms with E-state index in [2.05, 4.69) is 21.2 Å². The Bertz CT molecular complexity index is 1040. The van der Waals surface area contributed by atoms with Gasteiger partial charge in [-0.2, -0.15) is 4.31 Å². The van der Waals surface area contributed by atoms with Crippen LogP contribution in [0.4, 0.5) is 5.69 Å². The van der Waals surface area contributed by atoms with Crippen molar-refractivity contribution in [3.05, 3.63) is 94.5 Å². The maximum absolute atomic E-state index is 13.4. The molecule has 1 aliphatic rings. The molecule has 3 aromatic carbocycles. The van der Waals surface area contributed by atoms with Crippen LogP contribution in [-0.2, 0) is 16.6 Å². The lowest BCUT2D eigenvalue weighted by molar-refractivity contribution is 0.336. The first-order valence-electron chi connectivity index (χ1n) is 8.22. The molecule has 0 spiro atoms. The SMILES string of the molecule is O=S1(=O)c2ccccc2NC(c2cccc(Br)c2)N1Cc1ccccc1. The summed E-state index contributed by atoms with van der Waals surface area (Å²) in [5, 5.41) is 3.39. The van der Waals surface area contributed by atoms with Crippen LogP contribution in [-0.4, -0.2) is 12.7 Å². The average molecular weight is 429 g/mol. The minimum absolute atomic E-state index is 0.293. The van der Waals surface area contributed by atoms with Gasteiger partial charge in [-0.1, -0.05) is 70.5 Å². The fourth-order valence-corrected chi connectivity index (χ4v) is 5.26.